The van der Waals surface area contributed by atoms with Crippen LogP contribution in [-0.4, -0.2) is 24.1 Å². The van der Waals surface area contributed by atoms with E-state index in [1.807, 2.05) is 0 Å². The molecule has 0 saturated carbocycles. The molecule has 0 fully saturated rings. The quantitative estimate of drug-likeness (QED) is 0.221. The Bertz CT molecular complexity index is 1120. The molecule has 0 saturated heterocycles. The van der Waals surface area contributed by atoms with E-state index in [0.29, 0.717) is 21.2 Å². The minimum absolute atomic E-state index is 0.0542. The van der Waals surface area contributed by atoms with Gasteiger partial charge in [-0.25, -0.2) is 4.79 Å². The lowest BCUT2D eigenvalue weighted by molar-refractivity contribution is 0.0699. The molecule has 150 valence electrons. The Balaban J connectivity index is 2.00. The van der Waals surface area contributed by atoms with E-state index in [4.69, 9.17) is 16.3 Å². The number of carbonyl (C=O) groups excluding carboxylic acids is 1. The van der Waals surface area contributed by atoms with Gasteiger partial charge in [-0.2, -0.15) is 0 Å². The minimum atomic E-state index is -1.11. The largest absolute Gasteiger partial charge is 0.494 e. The molecule has 0 unspecified atom stereocenters. The molecule has 1 heterocycles. The first kappa shape index (κ1) is 23.0. The maximum absolute atomic E-state index is 12.9. The third-order valence-electron chi connectivity index (χ3n) is 3.92. The molecule has 0 aliphatic carbocycles. The van der Waals surface area contributed by atoms with Gasteiger partial charge in [0.15, 0.2) is 0 Å². The fourth-order valence-electron chi connectivity index (χ4n) is 2.60. The summed E-state index contributed by atoms with van der Waals surface area (Å²) in [4.78, 5) is 25.4. The molecule has 29 heavy (non-hydrogen) atoms. The second-order valence-electron chi connectivity index (χ2n) is 5.69. The van der Waals surface area contributed by atoms with Crippen LogP contribution in [0.25, 0.3) is 10.4 Å². The van der Waals surface area contributed by atoms with Crippen molar-refractivity contribution in [3.05, 3.63) is 62.6 Å². The molecular formula is C19H11ClI3NO4S. The summed E-state index contributed by atoms with van der Waals surface area (Å²) in [6.45, 7) is 0. The van der Waals surface area contributed by atoms with Crippen molar-refractivity contribution in [1.29, 1.82) is 0 Å². The number of carbonyl (C=O) groups is 2. The average Bonchev–Trinajstić information content (AvgIpc) is 3.09. The second kappa shape index (κ2) is 9.66. The molecule has 2 N–H and O–H groups in total. The number of halogens is 4. The number of thiophene rings is 1. The fraction of sp³-hybridized carbons (Fsp3) is 0.0526. The highest BCUT2D eigenvalue weighted by atomic mass is 127. The Labute approximate surface area is 216 Å². The van der Waals surface area contributed by atoms with Crippen molar-refractivity contribution in [3.63, 3.8) is 0 Å². The van der Waals surface area contributed by atoms with Crippen LogP contribution < -0.4 is 10.1 Å². The molecule has 5 nitrogen and oxygen atoms in total. The molecule has 0 spiro atoms. The number of aromatic carboxylic acids is 1. The van der Waals surface area contributed by atoms with Gasteiger partial charge in [-0.3, -0.25) is 4.79 Å². The predicted octanol–water partition coefficient (Wildman–Crippen LogP) is 6.84. The number of ether oxygens (including phenoxy) is 1. The maximum Gasteiger partial charge on any atom is 0.339 e. The van der Waals surface area contributed by atoms with Crippen LogP contribution in [0, 0.1) is 10.7 Å². The van der Waals surface area contributed by atoms with Crippen molar-refractivity contribution in [2.45, 2.75) is 0 Å². The van der Waals surface area contributed by atoms with Crippen LogP contribution in [0.4, 0.5) is 5.69 Å². The lowest BCUT2D eigenvalue weighted by Gasteiger charge is -2.13. The Kier molecular flexibility index (Phi) is 7.67. The van der Waals surface area contributed by atoms with Crippen molar-refractivity contribution in [2.75, 3.05) is 12.4 Å². The van der Waals surface area contributed by atoms with Gasteiger partial charge in [-0.15, -0.1) is 11.3 Å². The molecule has 2 aromatic carbocycles. The van der Waals surface area contributed by atoms with E-state index in [-0.39, 0.29) is 17.2 Å². The normalized spacial score (nSPS) is 10.7. The summed E-state index contributed by atoms with van der Waals surface area (Å²) in [6, 6.07) is 8.63. The number of methoxy groups -OCH3 is 1. The van der Waals surface area contributed by atoms with E-state index in [2.05, 4.69) is 73.1 Å². The Hall–Kier alpha value is -0.640. The number of nitrogens with one attached hydrogen (secondary N) is 1. The summed E-state index contributed by atoms with van der Waals surface area (Å²) in [5.41, 5.74) is 1.49. The van der Waals surface area contributed by atoms with E-state index < -0.39 is 5.97 Å². The Morgan fingerprint density at radius 2 is 1.79 bits per heavy atom. The molecule has 1 amide bonds. The highest BCUT2D eigenvalue weighted by Crippen LogP contribution is 2.38. The van der Waals surface area contributed by atoms with Gasteiger partial charge in [-0.1, -0.05) is 23.7 Å². The summed E-state index contributed by atoms with van der Waals surface area (Å²) in [6.07, 6.45) is 0. The van der Waals surface area contributed by atoms with Gasteiger partial charge in [0.1, 0.15) is 11.3 Å². The predicted molar refractivity (Wildman–Crippen MR) is 141 cm³/mol. The Morgan fingerprint density at radius 3 is 2.38 bits per heavy atom. The first-order valence-electron chi connectivity index (χ1n) is 7.88. The molecule has 3 aromatic rings. The molecule has 0 bridgehead atoms. The topological polar surface area (TPSA) is 75.6 Å². The van der Waals surface area contributed by atoms with Crippen LogP contribution in [0.5, 0.6) is 5.75 Å². The third-order valence-corrected chi connectivity index (χ3v) is 9.19. The van der Waals surface area contributed by atoms with Gasteiger partial charge in [0.2, 0.25) is 0 Å². The van der Waals surface area contributed by atoms with Crippen molar-refractivity contribution in [3.8, 4) is 16.2 Å². The van der Waals surface area contributed by atoms with Crippen LogP contribution in [0.2, 0.25) is 5.02 Å². The zero-order chi connectivity index (χ0) is 21.3. The molecule has 0 aliphatic heterocycles. The number of benzene rings is 2. The van der Waals surface area contributed by atoms with E-state index >= 15 is 0 Å². The second-order valence-corrected chi connectivity index (χ2v) is 10.3. The van der Waals surface area contributed by atoms with Crippen LogP contribution in [0.1, 0.15) is 20.7 Å². The summed E-state index contributed by atoms with van der Waals surface area (Å²) in [7, 11) is 1.58. The number of hydrogen-bond acceptors (Lipinski definition) is 4. The van der Waals surface area contributed by atoms with Crippen LogP contribution in [0.3, 0.4) is 0 Å². The van der Waals surface area contributed by atoms with Crippen molar-refractivity contribution >= 4 is 108 Å². The standard InChI is InChI=1S/C19H11ClI3NO4S/c1-28-16-11(21)6-10(14(22)15(16)23)18(25)24-12-7-29-17(13(12)19(26)27)8-2-4-9(20)5-3-8/h2-7H,1H3,(H,24,25)(H,26,27). The highest BCUT2D eigenvalue weighted by molar-refractivity contribution is 14.1. The van der Waals surface area contributed by atoms with E-state index in [9.17, 15) is 14.7 Å². The monoisotopic (exact) mass is 765 g/mol. The number of carboxylic acid groups (broad SMARTS) is 1. The fourth-order valence-corrected chi connectivity index (χ4v) is 6.49. The zero-order valence-corrected chi connectivity index (χ0v) is 22.6. The van der Waals surface area contributed by atoms with Gasteiger partial charge in [0.25, 0.3) is 5.91 Å². The smallest absolute Gasteiger partial charge is 0.339 e. The first-order valence-corrected chi connectivity index (χ1v) is 12.4. The van der Waals surface area contributed by atoms with Crippen molar-refractivity contribution < 1.29 is 19.4 Å². The van der Waals surface area contributed by atoms with E-state index in [0.717, 1.165) is 16.3 Å². The summed E-state index contributed by atoms with van der Waals surface area (Å²) >= 11 is 13.5. The minimum Gasteiger partial charge on any atom is -0.494 e. The third kappa shape index (κ3) is 4.83. The number of anilines is 1. The lowest BCUT2D eigenvalue weighted by Crippen LogP contribution is -2.16. The van der Waals surface area contributed by atoms with Crippen LogP contribution in [0.15, 0.2) is 35.7 Å². The van der Waals surface area contributed by atoms with E-state index in [1.54, 1.807) is 42.8 Å². The Morgan fingerprint density at radius 1 is 1.14 bits per heavy atom. The summed E-state index contributed by atoms with van der Waals surface area (Å²) in [5.74, 6) is -0.783. The summed E-state index contributed by atoms with van der Waals surface area (Å²) in [5, 5.41) is 14.7. The highest BCUT2D eigenvalue weighted by Gasteiger charge is 2.24. The van der Waals surface area contributed by atoms with Crippen molar-refractivity contribution in [2.24, 2.45) is 0 Å². The van der Waals surface area contributed by atoms with Gasteiger partial charge >= 0.3 is 5.97 Å². The number of rotatable bonds is 5. The van der Waals surface area contributed by atoms with Crippen molar-refractivity contribution in [1.82, 2.24) is 0 Å². The SMILES string of the molecule is COc1c(I)cc(C(=O)Nc2csc(-c3ccc(Cl)cc3)c2C(=O)O)c(I)c1I. The van der Waals surface area contributed by atoms with Crippen LogP contribution in [-0.2, 0) is 0 Å². The molecule has 0 radical (unpaired) electrons. The van der Waals surface area contributed by atoms with Gasteiger partial charge in [0, 0.05) is 14.0 Å². The van der Waals surface area contributed by atoms with Gasteiger partial charge in [-0.05, 0) is 91.5 Å². The van der Waals surface area contributed by atoms with E-state index in [1.165, 1.54) is 11.3 Å². The number of hydrogen-bond donors (Lipinski definition) is 2. The van der Waals surface area contributed by atoms with Gasteiger partial charge < -0.3 is 15.2 Å². The molecule has 3 rings (SSSR count). The molecule has 10 heteroatoms. The zero-order valence-electron chi connectivity index (χ0n) is 14.6. The lowest BCUT2D eigenvalue weighted by atomic mass is 10.1. The maximum atomic E-state index is 12.9. The average molecular weight is 766 g/mol. The number of carboxylic acids is 1. The van der Waals surface area contributed by atoms with Crippen LogP contribution >= 0.6 is 90.7 Å². The molecule has 0 aliphatic rings. The summed E-state index contributed by atoms with van der Waals surface area (Å²) < 4.78 is 7.75. The molecule has 0 atom stereocenters. The first-order chi connectivity index (χ1) is 13.7. The molecular weight excluding hydrogens is 754 g/mol. The van der Waals surface area contributed by atoms with Gasteiger partial charge in [0.05, 0.1) is 30.4 Å². The molecule has 1 aromatic heterocycles. The number of amides is 1.